The molecular weight excluding hydrogens is 228 g/mol. The molecule has 4 unspecified atom stereocenters. The lowest BCUT2D eigenvalue weighted by molar-refractivity contribution is 0.0297. The van der Waals surface area contributed by atoms with Crippen LogP contribution in [0.15, 0.2) is 12.1 Å². The van der Waals surface area contributed by atoms with Crippen LogP contribution in [-0.4, -0.2) is 25.4 Å². The molecule has 2 bridgehead atoms. The molecule has 98 valence electrons. The molecule has 1 aromatic carbocycles. The van der Waals surface area contributed by atoms with Crippen molar-refractivity contribution in [1.82, 2.24) is 0 Å². The van der Waals surface area contributed by atoms with Gasteiger partial charge in [-0.05, 0) is 36.8 Å². The third-order valence-electron chi connectivity index (χ3n) is 4.76. The van der Waals surface area contributed by atoms with Crippen molar-refractivity contribution in [3.05, 3.63) is 23.3 Å². The number of hydrogen-bond acceptors (Lipinski definition) is 3. The Morgan fingerprint density at radius 2 is 1.50 bits per heavy atom. The van der Waals surface area contributed by atoms with Crippen LogP contribution in [0.5, 0.6) is 11.5 Å². The van der Waals surface area contributed by atoms with E-state index in [1.165, 1.54) is 11.1 Å². The van der Waals surface area contributed by atoms with Crippen molar-refractivity contribution in [2.24, 2.45) is 5.92 Å². The number of rotatable bonds is 2. The van der Waals surface area contributed by atoms with Crippen LogP contribution < -0.4 is 9.47 Å². The summed E-state index contributed by atoms with van der Waals surface area (Å²) in [5.41, 5.74) is 2.45. The van der Waals surface area contributed by atoms with Gasteiger partial charge in [0, 0.05) is 17.0 Å². The van der Waals surface area contributed by atoms with E-state index in [4.69, 9.17) is 9.47 Å². The number of ether oxygens (including phenoxy) is 2. The Balaban J connectivity index is 2.24. The van der Waals surface area contributed by atoms with E-state index in [0.717, 1.165) is 24.3 Å². The molecule has 3 heteroatoms. The lowest BCUT2D eigenvalue weighted by atomic mass is 9.60. The Hall–Kier alpha value is -1.22. The molecule has 1 N–H and O–H groups in total. The molecule has 0 saturated heterocycles. The number of fused-ring (bicyclic) bond motifs is 2. The molecule has 0 radical (unpaired) electrons. The third-order valence-corrected chi connectivity index (χ3v) is 4.76. The summed E-state index contributed by atoms with van der Waals surface area (Å²) < 4.78 is 11.0. The van der Waals surface area contributed by atoms with Crippen molar-refractivity contribution in [2.75, 3.05) is 14.2 Å². The van der Waals surface area contributed by atoms with E-state index in [-0.39, 0.29) is 12.0 Å². The maximum Gasteiger partial charge on any atom is 0.122 e. The second-order valence-electron chi connectivity index (χ2n) is 5.44. The average molecular weight is 248 g/mol. The summed E-state index contributed by atoms with van der Waals surface area (Å²) in [5, 5.41) is 10.4. The van der Waals surface area contributed by atoms with E-state index in [1.807, 2.05) is 12.1 Å². The number of benzene rings is 1. The van der Waals surface area contributed by atoms with Gasteiger partial charge in [-0.2, -0.15) is 0 Å². The second kappa shape index (κ2) is 4.16. The minimum atomic E-state index is -0.253. The van der Waals surface area contributed by atoms with Gasteiger partial charge in [-0.3, -0.25) is 0 Å². The fourth-order valence-corrected chi connectivity index (χ4v) is 3.84. The predicted molar refractivity (Wildman–Crippen MR) is 69.4 cm³/mol. The highest BCUT2D eigenvalue weighted by Crippen LogP contribution is 2.57. The van der Waals surface area contributed by atoms with Gasteiger partial charge >= 0.3 is 0 Å². The number of aliphatic hydroxyl groups is 1. The van der Waals surface area contributed by atoms with Crippen molar-refractivity contribution in [3.8, 4) is 11.5 Å². The lowest BCUT2D eigenvalue weighted by Gasteiger charge is -2.47. The molecule has 0 heterocycles. The minimum absolute atomic E-state index is 0.199. The van der Waals surface area contributed by atoms with Gasteiger partial charge in [-0.25, -0.2) is 0 Å². The summed E-state index contributed by atoms with van der Waals surface area (Å²) in [4.78, 5) is 0. The van der Waals surface area contributed by atoms with Gasteiger partial charge in [-0.15, -0.1) is 0 Å². The molecule has 1 aromatic rings. The third kappa shape index (κ3) is 1.40. The van der Waals surface area contributed by atoms with Crippen LogP contribution in [0.1, 0.15) is 42.7 Å². The summed E-state index contributed by atoms with van der Waals surface area (Å²) in [6.07, 6.45) is 1.93. The number of aliphatic hydroxyl groups excluding tert-OH is 1. The van der Waals surface area contributed by atoms with Gasteiger partial charge in [0.25, 0.3) is 0 Å². The van der Waals surface area contributed by atoms with E-state index in [9.17, 15) is 5.11 Å². The molecule has 4 rings (SSSR count). The number of methoxy groups -OCH3 is 2. The molecule has 4 atom stereocenters. The standard InChI is InChI=1S/C15H20O3/c1-8-9-4-5-10(15(8)16)14-12(18-3)7-6-11(17-2)13(9)14/h6-10,15-16H,4-5H2,1-3H3. The van der Waals surface area contributed by atoms with Gasteiger partial charge in [0.05, 0.1) is 20.3 Å². The summed E-state index contributed by atoms with van der Waals surface area (Å²) in [7, 11) is 3.41. The first-order valence-corrected chi connectivity index (χ1v) is 6.61. The fraction of sp³-hybridized carbons (Fsp3) is 0.600. The lowest BCUT2D eigenvalue weighted by Crippen LogP contribution is -2.41. The van der Waals surface area contributed by atoms with Gasteiger partial charge in [0.1, 0.15) is 11.5 Å². The molecular formula is C15H20O3. The van der Waals surface area contributed by atoms with E-state index in [0.29, 0.717) is 11.8 Å². The first-order chi connectivity index (χ1) is 8.69. The molecule has 0 spiro atoms. The average Bonchev–Trinajstić information content (AvgIpc) is 2.42. The Morgan fingerprint density at radius 3 is 2.06 bits per heavy atom. The largest absolute Gasteiger partial charge is 0.496 e. The van der Waals surface area contributed by atoms with E-state index >= 15 is 0 Å². The van der Waals surface area contributed by atoms with Crippen molar-refractivity contribution in [1.29, 1.82) is 0 Å². The molecule has 0 amide bonds. The summed E-state index contributed by atoms with van der Waals surface area (Å²) in [5.74, 6) is 2.73. The summed E-state index contributed by atoms with van der Waals surface area (Å²) in [6.45, 7) is 2.14. The molecule has 3 aliphatic carbocycles. The van der Waals surface area contributed by atoms with Crippen molar-refractivity contribution >= 4 is 0 Å². The Labute approximate surface area is 108 Å². The monoisotopic (exact) mass is 248 g/mol. The SMILES string of the molecule is COc1ccc(OC)c2c1C1CCC2C(O)C1C. The Morgan fingerprint density at radius 1 is 1.00 bits per heavy atom. The summed E-state index contributed by atoms with van der Waals surface area (Å²) in [6, 6.07) is 3.94. The first kappa shape index (κ1) is 11.8. The highest BCUT2D eigenvalue weighted by Gasteiger charge is 2.46. The van der Waals surface area contributed by atoms with Crippen LogP contribution in [0.2, 0.25) is 0 Å². The normalized spacial score (nSPS) is 33.1. The fourth-order valence-electron chi connectivity index (χ4n) is 3.84. The number of hydrogen-bond donors (Lipinski definition) is 1. The summed E-state index contributed by atoms with van der Waals surface area (Å²) >= 11 is 0. The van der Waals surface area contributed by atoms with E-state index in [2.05, 4.69) is 6.92 Å². The van der Waals surface area contributed by atoms with Crippen LogP contribution in [-0.2, 0) is 0 Å². The smallest absolute Gasteiger partial charge is 0.122 e. The first-order valence-electron chi connectivity index (χ1n) is 6.61. The highest BCUT2D eigenvalue weighted by atomic mass is 16.5. The zero-order valence-corrected chi connectivity index (χ0v) is 11.1. The van der Waals surface area contributed by atoms with Gasteiger partial charge in [0.2, 0.25) is 0 Å². The molecule has 1 saturated carbocycles. The van der Waals surface area contributed by atoms with E-state index < -0.39 is 0 Å². The van der Waals surface area contributed by atoms with Gasteiger partial charge in [0.15, 0.2) is 0 Å². The van der Waals surface area contributed by atoms with Crippen LogP contribution in [0.4, 0.5) is 0 Å². The van der Waals surface area contributed by atoms with Gasteiger partial charge < -0.3 is 14.6 Å². The van der Waals surface area contributed by atoms with Gasteiger partial charge in [-0.1, -0.05) is 6.92 Å². The van der Waals surface area contributed by atoms with Crippen LogP contribution >= 0.6 is 0 Å². The Kier molecular flexibility index (Phi) is 2.74. The van der Waals surface area contributed by atoms with Crippen molar-refractivity contribution in [2.45, 2.75) is 37.7 Å². The Bertz CT molecular complexity index is 426. The highest BCUT2D eigenvalue weighted by molar-refractivity contribution is 5.56. The minimum Gasteiger partial charge on any atom is -0.496 e. The molecule has 0 aliphatic heterocycles. The van der Waals surface area contributed by atoms with Crippen LogP contribution in [0, 0.1) is 5.92 Å². The maximum atomic E-state index is 10.4. The molecule has 18 heavy (non-hydrogen) atoms. The topological polar surface area (TPSA) is 38.7 Å². The zero-order valence-electron chi connectivity index (χ0n) is 11.1. The predicted octanol–water partition coefficient (Wildman–Crippen LogP) is 2.68. The van der Waals surface area contributed by atoms with Crippen LogP contribution in [0.3, 0.4) is 0 Å². The molecule has 1 fully saturated rings. The maximum absolute atomic E-state index is 10.4. The van der Waals surface area contributed by atoms with E-state index in [1.54, 1.807) is 14.2 Å². The quantitative estimate of drug-likeness (QED) is 0.874. The zero-order chi connectivity index (χ0) is 12.9. The van der Waals surface area contributed by atoms with Crippen LogP contribution in [0.25, 0.3) is 0 Å². The molecule has 3 aliphatic rings. The molecule has 0 aromatic heterocycles. The molecule has 3 nitrogen and oxygen atoms in total. The van der Waals surface area contributed by atoms with Crippen molar-refractivity contribution in [3.63, 3.8) is 0 Å². The van der Waals surface area contributed by atoms with Crippen molar-refractivity contribution < 1.29 is 14.6 Å². The second-order valence-corrected chi connectivity index (χ2v) is 5.44.